The Kier molecular flexibility index (Phi) is 3.68. The molecule has 0 spiro atoms. The van der Waals surface area contributed by atoms with Crippen LogP contribution >= 0.6 is 0 Å². The van der Waals surface area contributed by atoms with Gasteiger partial charge < -0.3 is 10.1 Å². The Morgan fingerprint density at radius 2 is 2.15 bits per heavy atom. The first kappa shape index (κ1) is 10.5. The lowest BCUT2D eigenvalue weighted by molar-refractivity contribution is -0.121. The number of rotatable bonds is 3. The third-order valence-corrected chi connectivity index (χ3v) is 2.01. The summed E-state index contributed by atoms with van der Waals surface area (Å²) in [6.45, 7) is 0.795. The topological polar surface area (TPSA) is 32.3 Å². The fraction of sp³-hybridized carbons (Fsp3) is 0.857. The zero-order chi connectivity index (χ0) is 9.84. The van der Waals surface area contributed by atoms with E-state index in [2.05, 4.69) is 5.32 Å². The van der Waals surface area contributed by atoms with Gasteiger partial charge in [-0.2, -0.15) is 0 Å². The van der Waals surface area contributed by atoms with Crippen molar-refractivity contribution in [2.45, 2.75) is 18.8 Å². The summed E-state index contributed by atoms with van der Waals surface area (Å²) in [6.07, 6.45) is -4.90. The van der Waals surface area contributed by atoms with Gasteiger partial charge in [0.25, 0.3) is 6.43 Å². The minimum absolute atomic E-state index is 0.134. The van der Waals surface area contributed by atoms with Gasteiger partial charge in [-0.3, -0.25) is 4.90 Å². The second-order valence-corrected chi connectivity index (χ2v) is 2.85. The highest BCUT2D eigenvalue weighted by atomic mass is 19.3. The van der Waals surface area contributed by atoms with Crippen LogP contribution in [0.25, 0.3) is 0 Å². The summed E-state index contributed by atoms with van der Waals surface area (Å²) in [4.78, 5) is 11.3. The monoisotopic (exact) mass is 196 g/mol. The Hall–Kier alpha value is -0.620. The summed E-state index contributed by atoms with van der Waals surface area (Å²) in [7, 11) is 0. The molecule has 0 saturated carbocycles. The third kappa shape index (κ3) is 2.41. The van der Waals surface area contributed by atoms with E-state index in [1.54, 1.807) is 0 Å². The van der Waals surface area contributed by atoms with Crippen molar-refractivity contribution in [3.63, 3.8) is 0 Å². The van der Waals surface area contributed by atoms with Gasteiger partial charge >= 0.3 is 0 Å². The van der Waals surface area contributed by atoms with Crippen LogP contribution in [0.3, 0.4) is 0 Å². The van der Waals surface area contributed by atoms with Crippen LogP contribution in [0.2, 0.25) is 0 Å². The predicted octanol–water partition coefficient (Wildman–Crippen LogP) is 0.0198. The molecule has 0 amide bonds. The Bertz CT molecular complexity index is 179. The van der Waals surface area contributed by atoms with Gasteiger partial charge in [0.15, 0.2) is 0 Å². The zero-order valence-electron chi connectivity index (χ0n) is 6.92. The van der Waals surface area contributed by atoms with Crippen molar-refractivity contribution >= 4 is 6.29 Å². The minimum atomic E-state index is -3.06. The largest absolute Gasteiger partial charge is 0.313 e. The molecule has 0 aromatic rings. The summed E-state index contributed by atoms with van der Waals surface area (Å²) in [6, 6.07) is -0.780. The second-order valence-electron chi connectivity index (χ2n) is 2.85. The van der Waals surface area contributed by atoms with Crippen molar-refractivity contribution in [1.82, 2.24) is 10.2 Å². The van der Waals surface area contributed by atoms with E-state index in [0.717, 1.165) is 4.90 Å². The molecule has 0 bridgehead atoms. The van der Waals surface area contributed by atoms with Crippen LogP contribution in [0.1, 0.15) is 0 Å². The fourth-order valence-corrected chi connectivity index (χ4v) is 1.32. The average Bonchev–Trinajstić information content (AvgIpc) is 2.16. The van der Waals surface area contributed by atoms with E-state index < -0.39 is 18.8 Å². The molecule has 1 N–H and O–H groups in total. The zero-order valence-corrected chi connectivity index (χ0v) is 6.92. The molecule has 1 rings (SSSR count). The van der Waals surface area contributed by atoms with Crippen LogP contribution in [0.15, 0.2) is 0 Å². The van der Waals surface area contributed by atoms with E-state index in [1.165, 1.54) is 0 Å². The molecule has 13 heavy (non-hydrogen) atoms. The van der Waals surface area contributed by atoms with Crippen LogP contribution in [-0.2, 0) is 4.79 Å². The van der Waals surface area contributed by atoms with E-state index in [0.29, 0.717) is 12.8 Å². The predicted molar refractivity (Wildman–Crippen MR) is 40.3 cm³/mol. The van der Waals surface area contributed by atoms with E-state index >= 15 is 0 Å². The molecular weight excluding hydrogens is 185 g/mol. The summed E-state index contributed by atoms with van der Waals surface area (Å²) >= 11 is 0. The summed E-state index contributed by atoms with van der Waals surface area (Å²) in [5.74, 6) is 0. The smallest absolute Gasteiger partial charge is 0.282 e. The molecule has 0 aromatic carbocycles. The van der Waals surface area contributed by atoms with Crippen molar-refractivity contribution in [2.75, 3.05) is 19.6 Å². The Labute approximate surface area is 73.9 Å². The van der Waals surface area contributed by atoms with Crippen LogP contribution in [-0.4, -0.2) is 49.6 Å². The number of carbonyl (C=O) groups excluding carboxylic acids is 1. The van der Waals surface area contributed by atoms with Crippen LogP contribution in [0.4, 0.5) is 13.2 Å². The molecule has 1 aliphatic heterocycles. The normalized spacial score (nSPS) is 27.5. The quantitative estimate of drug-likeness (QED) is 0.510. The van der Waals surface area contributed by atoms with Crippen molar-refractivity contribution in [1.29, 1.82) is 0 Å². The summed E-state index contributed by atoms with van der Waals surface area (Å²) < 4.78 is 36.8. The Morgan fingerprint density at radius 3 is 2.69 bits per heavy atom. The fourth-order valence-electron chi connectivity index (χ4n) is 1.32. The number of hydrogen-bond donors (Lipinski definition) is 1. The molecule has 1 fully saturated rings. The highest BCUT2D eigenvalue weighted by Crippen LogP contribution is 2.14. The van der Waals surface area contributed by atoms with Gasteiger partial charge in [-0.1, -0.05) is 0 Å². The summed E-state index contributed by atoms with van der Waals surface area (Å²) in [5.41, 5.74) is 0. The molecule has 1 heterocycles. The van der Waals surface area contributed by atoms with Crippen LogP contribution in [0.5, 0.6) is 0 Å². The highest BCUT2D eigenvalue weighted by Gasteiger charge is 2.33. The number of halogens is 3. The first-order chi connectivity index (χ1) is 6.16. The van der Waals surface area contributed by atoms with Gasteiger partial charge in [0.1, 0.15) is 6.29 Å². The standard InChI is InChI=1S/C7H11F3N2O/c8-6(9)7(10)12-2-1-11-3-5(12)4-13/h4-7,11H,1-3H2. The molecule has 0 aromatic heterocycles. The number of nitrogens with one attached hydrogen (secondary N) is 1. The van der Waals surface area contributed by atoms with Gasteiger partial charge in [-0.25, -0.2) is 13.2 Å². The maximum atomic E-state index is 12.8. The molecule has 0 radical (unpaired) electrons. The van der Waals surface area contributed by atoms with E-state index in [9.17, 15) is 18.0 Å². The maximum Gasteiger partial charge on any atom is 0.282 e. The van der Waals surface area contributed by atoms with Gasteiger partial charge in [0.2, 0.25) is 6.30 Å². The molecule has 2 atom stereocenters. The lowest BCUT2D eigenvalue weighted by Gasteiger charge is -2.34. The van der Waals surface area contributed by atoms with Gasteiger partial charge in [-0.15, -0.1) is 0 Å². The van der Waals surface area contributed by atoms with Gasteiger partial charge in [-0.05, 0) is 0 Å². The number of aldehydes is 1. The molecule has 2 unspecified atom stereocenters. The van der Waals surface area contributed by atoms with Crippen molar-refractivity contribution in [3.05, 3.63) is 0 Å². The molecule has 76 valence electrons. The Morgan fingerprint density at radius 1 is 1.46 bits per heavy atom. The van der Waals surface area contributed by atoms with Crippen LogP contribution in [0, 0.1) is 0 Å². The number of piperazine rings is 1. The lowest BCUT2D eigenvalue weighted by atomic mass is 10.2. The molecule has 3 nitrogen and oxygen atoms in total. The molecule has 0 aliphatic carbocycles. The number of alkyl halides is 3. The minimum Gasteiger partial charge on any atom is -0.313 e. The van der Waals surface area contributed by atoms with Gasteiger partial charge in [0.05, 0.1) is 6.04 Å². The first-order valence-corrected chi connectivity index (χ1v) is 4.01. The summed E-state index contributed by atoms with van der Waals surface area (Å²) in [5, 5.41) is 2.83. The van der Waals surface area contributed by atoms with Gasteiger partial charge in [0, 0.05) is 19.6 Å². The maximum absolute atomic E-state index is 12.8. The third-order valence-electron chi connectivity index (χ3n) is 2.01. The number of nitrogens with zero attached hydrogens (tertiary/aromatic N) is 1. The molecule has 1 aliphatic rings. The second kappa shape index (κ2) is 4.57. The first-order valence-electron chi connectivity index (χ1n) is 4.01. The highest BCUT2D eigenvalue weighted by molar-refractivity contribution is 5.58. The van der Waals surface area contributed by atoms with Crippen molar-refractivity contribution < 1.29 is 18.0 Å². The Balaban J connectivity index is 2.58. The molecule has 6 heteroatoms. The van der Waals surface area contributed by atoms with Crippen LogP contribution < -0.4 is 5.32 Å². The van der Waals surface area contributed by atoms with Crippen molar-refractivity contribution in [2.24, 2.45) is 0 Å². The molecule has 1 saturated heterocycles. The molecular formula is C7H11F3N2O. The van der Waals surface area contributed by atoms with E-state index in [4.69, 9.17) is 0 Å². The number of carbonyl (C=O) groups is 1. The lowest BCUT2D eigenvalue weighted by Crippen LogP contribution is -2.56. The van der Waals surface area contributed by atoms with E-state index in [-0.39, 0.29) is 13.1 Å². The van der Waals surface area contributed by atoms with Crippen molar-refractivity contribution in [3.8, 4) is 0 Å². The SMILES string of the molecule is O=CC1CNCCN1C(F)C(F)F. The average molecular weight is 196 g/mol. The van der Waals surface area contributed by atoms with E-state index in [1.807, 2.05) is 0 Å². The number of hydrogen-bond acceptors (Lipinski definition) is 3.